The Kier molecular flexibility index (Phi) is 2.72. The van der Waals surface area contributed by atoms with E-state index < -0.39 is 12.1 Å². The lowest BCUT2D eigenvalue weighted by molar-refractivity contribution is 0.0693. The van der Waals surface area contributed by atoms with Crippen LogP contribution in [0.4, 0.5) is 0 Å². The van der Waals surface area contributed by atoms with Gasteiger partial charge in [-0.1, -0.05) is 0 Å². The molecule has 90 valence electrons. The van der Waals surface area contributed by atoms with Crippen molar-refractivity contribution in [2.24, 2.45) is 0 Å². The van der Waals surface area contributed by atoms with Gasteiger partial charge in [-0.05, 0) is 13.0 Å². The van der Waals surface area contributed by atoms with Crippen LogP contribution in [0.3, 0.4) is 0 Å². The predicted octanol–water partition coefficient (Wildman–Crippen LogP) is 0.661. The van der Waals surface area contributed by atoms with Gasteiger partial charge in [-0.2, -0.15) is 0 Å². The number of rotatable bonds is 3. The van der Waals surface area contributed by atoms with E-state index in [4.69, 9.17) is 5.11 Å². The van der Waals surface area contributed by atoms with E-state index in [-0.39, 0.29) is 17.9 Å². The number of carboxylic acid groups (broad SMARTS) is 1. The Morgan fingerprint density at radius 2 is 2.29 bits per heavy atom. The molecule has 2 rings (SSSR count). The van der Waals surface area contributed by atoms with Gasteiger partial charge in [0.25, 0.3) is 0 Å². The molecule has 6 heteroatoms. The van der Waals surface area contributed by atoms with Crippen molar-refractivity contribution in [2.45, 2.75) is 19.4 Å². The van der Waals surface area contributed by atoms with Crippen LogP contribution >= 0.6 is 0 Å². The van der Waals surface area contributed by atoms with Gasteiger partial charge in [0, 0.05) is 18.7 Å². The first kappa shape index (κ1) is 11.4. The van der Waals surface area contributed by atoms with Crippen molar-refractivity contribution in [1.82, 2.24) is 9.38 Å². The number of carbonyl (C=O) groups is 1. The van der Waals surface area contributed by atoms with Gasteiger partial charge in [-0.15, -0.1) is 0 Å². The van der Waals surface area contributed by atoms with Gasteiger partial charge in [0.15, 0.2) is 5.69 Å². The summed E-state index contributed by atoms with van der Waals surface area (Å²) in [6.07, 6.45) is 1.16. The highest BCUT2D eigenvalue weighted by molar-refractivity contribution is 5.94. The van der Waals surface area contributed by atoms with E-state index in [1.54, 1.807) is 11.3 Å². The highest BCUT2D eigenvalue weighted by Crippen LogP contribution is 2.19. The Balaban J connectivity index is 2.66. The van der Waals surface area contributed by atoms with Crippen LogP contribution in [0.15, 0.2) is 18.3 Å². The van der Waals surface area contributed by atoms with Crippen LogP contribution in [0, 0.1) is 0 Å². The number of pyridine rings is 1. The third-order valence-electron chi connectivity index (χ3n) is 2.38. The second-order valence-corrected chi connectivity index (χ2v) is 3.88. The first-order valence-electron chi connectivity index (χ1n) is 5.10. The molecule has 0 spiro atoms. The fourth-order valence-electron chi connectivity index (χ4n) is 1.70. The zero-order chi connectivity index (χ0) is 12.6. The van der Waals surface area contributed by atoms with Gasteiger partial charge in [0.1, 0.15) is 11.6 Å². The zero-order valence-corrected chi connectivity index (χ0v) is 9.16. The van der Waals surface area contributed by atoms with Crippen molar-refractivity contribution in [3.63, 3.8) is 0 Å². The Morgan fingerprint density at radius 1 is 1.59 bits per heavy atom. The number of carboxylic acids is 1. The van der Waals surface area contributed by atoms with E-state index in [0.29, 0.717) is 11.3 Å². The fraction of sp³-hybridized carbons (Fsp3) is 0.273. The molecule has 2 heterocycles. The SMILES string of the molecule is CC(O)Cc1nc(C(=O)O)c2cc(O)ccn12. The maximum atomic E-state index is 11.0. The normalized spacial score (nSPS) is 12.8. The topological polar surface area (TPSA) is 95.1 Å². The molecule has 0 aromatic carbocycles. The third-order valence-corrected chi connectivity index (χ3v) is 2.38. The molecule has 0 aliphatic heterocycles. The minimum absolute atomic E-state index is 0.0245. The van der Waals surface area contributed by atoms with Crippen molar-refractivity contribution >= 4 is 11.5 Å². The Hall–Kier alpha value is -2.08. The average molecular weight is 236 g/mol. The molecule has 1 unspecified atom stereocenters. The Morgan fingerprint density at radius 3 is 2.88 bits per heavy atom. The quantitative estimate of drug-likeness (QED) is 0.727. The number of hydrogen-bond donors (Lipinski definition) is 3. The molecule has 3 N–H and O–H groups in total. The first-order chi connectivity index (χ1) is 7.99. The van der Waals surface area contributed by atoms with Crippen LogP contribution in [0.5, 0.6) is 5.75 Å². The summed E-state index contributed by atoms with van der Waals surface area (Å²) in [4.78, 5) is 15.0. The summed E-state index contributed by atoms with van der Waals surface area (Å²) < 4.78 is 1.55. The molecule has 6 nitrogen and oxygen atoms in total. The zero-order valence-electron chi connectivity index (χ0n) is 9.16. The molecule has 2 aromatic heterocycles. The summed E-state index contributed by atoms with van der Waals surface area (Å²) in [5, 5.41) is 27.7. The molecule has 0 radical (unpaired) electrons. The number of imidazole rings is 1. The molecular weight excluding hydrogens is 224 g/mol. The van der Waals surface area contributed by atoms with E-state index in [2.05, 4.69) is 4.98 Å². The predicted molar refractivity (Wildman–Crippen MR) is 59.2 cm³/mol. The van der Waals surface area contributed by atoms with Crippen molar-refractivity contribution < 1.29 is 20.1 Å². The fourth-order valence-corrected chi connectivity index (χ4v) is 1.70. The van der Waals surface area contributed by atoms with Crippen LogP contribution in [0.2, 0.25) is 0 Å². The lowest BCUT2D eigenvalue weighted by Gasteiger charge is -2.03. The molecule has 2 aromatic rings. The summed E-state index contributed by atoms with van der Waals surface area (Å²) in [6, 6.07) is 2.77. The molecular formula is C11H12N2O4. The van der Waals surface area contributed by atoms with Crippen LogP contribution < -0.4 is 0 Å². The minimum Gasteiger partial charge on any atom is -0.508 e. The lowest BCUT2D eigenvalue weighted by atomic mass is 10.3. The maximum absolute atomic E-state index is 11.0. The second-order valence-electron chi connectivity index (χ2n) is 3.88. The highest BCUT2D eigenvalue weighted by Gasteiger charge is 2.17. The molecule has 0 saturated heterocycles. The van der Waals surface area contributed by atoms with Crippen molar-refractivity contribution in [3.05, 3.63) is 29.8 Å². The lowest BCUT2D eigenvalue weighted by Crippen LogP contribution is -2.07. The molecule has 0 amide bonds. The van der Waals surface area contributed by atoms with Gasteiger partial charge in [-0.25, -0.2) is 9.78 Å². The number of nitrogens with zero attached hydrogens (tertiary/aromatic N) is 2. The van der Waals surface area contributed by atoms with E-state index in [1.165, 1.54) is 18.3 Å². The number of fused-ring (bicyclic) bond motifs is 1. The molecule has 0 aliphatic rings. The van der Waals surface area contributed by atoms with Crippen LogP contribution in [0.25, 0.3) is 5.52 Å². The summed E-state index contributed by atoms with van der Waals surface area (Å²) in [6.45, 7) is 1.60. The van der Waals surface area contributed by atoms with Gasteiger partial charge in [-0.3, -0.25) is 0 Å². The standard InChI is InChI=1S/C11H12N2O4/c1-6(14)4-9-12-10(11(16)17)8-5-7(15)2-3-13(8)9/h2-3,5-6,14-15H,4H2,1H3,(H,16,17). The summed E-state index contributed by atoms with van der Waals surface area (Å²) in [5.74, 6) is -0.735. The first-order valence-corrected chi connectivity index (χ1v) is 5.10. The molecule has 0 saturated carbocycles. The van der Waals surface area contributed by atoms with Gasteiger partial charge in [0.05, 0.1) is 11.6 Å². The molecule has 17 heavy (non-hydrogen) atoms. The highest BCUT2D eigenvalue weighted by atomic mass is 16.4. The Bertz CT molecular complexity index is 574. The summed E-state index contributed by atoms with van der Waals surface area (Å²) in [7, 11) is 0. The van der Waals surface area contributed by atoms with E-state index in [1.807, 2.05) is 0 Å². The Labute approximate surface area is 96.8 Å². The monoisotopic (exact) mass is 236 g/mol. The molecule has 0 bridgehead atoms. The van der Waals surface area contributed by atoms with Gasteiger partial charge >= 0.3 is 5.97 Å². The third kappa shape index (κ3) is 2.07. The van der Waals surface area contributed by atoms with Crippen LogP contribution in [-0.4, -0.2) is 36.8 Å². The van der Waals surface area contributed by atoms with E-state index in [9.17, 15) is 15.0 Å². The smallest absolute Gasteiger partial charge is 0.356 e. The van der Waals surface area contributed by atoms with Crippen molar-refractivity contribution in [2.75, 3.05) is 0 Å². The summed E-state index contributed by atoms with van der Waals surface area (Å²) >= 11 is 0. The average Bonchev–Trinajstić information content (AvgIpc) is 2.55. The van der Waals surface area contributed by atoms with Crippen LogP contribution in [0.1, 0.15) is 23.2 Å². The molecule has 0 fully saturated rings. The summed E-state index contributed by atoms with van der Waals surface area (Å²) in [5.41, 5.74) is 0.185. The maximum Gasteiger partial charge on any atom is 0.356 e. The van der Waals surface area contributed by atoms with Crippen LogP contribution in [-0.2, 0) is 6.42 Å². The van der Waals surface area contributed by atoms with Gasteiger partial charge < -0.3 is 19.7 Å². The van der Waals surface area contributed by atoms with E-state index in [0.717, 1.165) is 0 Å². The number of hydrogen-bond acceptors (Lipinski definition) is 4. The number of aromatic hydroxyl groups is 1. The van der Waals surface area contributed by atoms with Crippen molar-refractivity contribution in [1.29, 1.82) is 0 Å². The van der Waals surface area contributed by atoms with Gasteiger partial charge in [0.2, 0.25) is 0 Å². The number of aromatic carboxylic acids is 1. The number of aliphatic hydroxyl groups excluding tert-OH is 1. The molecule has 1 atom stereocenters. The second kappa shape index (κ2) is 4.06. The molecule has 0 aliphatic carbocycles. The number of aliphatic hydroxyl groups is 1. The largest absolute Gasteiger partial charge is 0.508 e. The number of aromatic nitrogens is 2. The van der Waals surface area contributed by atoms with E-state index >= 15 is 0 Å². The van der Waals surface area contributed by atoms with Crippen molar-refractivity contribution in [3.8, 4) is 5.75 Å². The minimum atomic E-state index is -1.16.